The quantitative estimate of drug-likeness (QED) is 0.818. The van der Waals surface area contributed by atoms with Crippen molar-refractivity contribution in [2.75, 3.05) is 38.4 Å². The Morgan fingerprint density at radius 1 is 1.47 bits per heavy atom. The Labute approximate surface area is 105 Å². The molecule has 0 amide bonds. The Bertz CT molecular complexity index is 404. The number of methoxy groups -OCH3 is 2. The highest BCUT2D eigenvalue weighted by atomic mass is 32.1. The SMILES string of the molecule is CCCN(C)c1sc(C(=O)OC)c(N)c1OC. The molecule has 0 spiro atoms. The number of carbonyl (C=O) groups is 1. The number of nitrogens with two attached hydrogens (primary N) is 1. The molecule has 1 heterocycles. The Morgan fingerprint density at radius 2 is 2.12 bits per heavy atom. The van der Waals surface area contributed by atoms with Gasteiger partial charge >= 0.3 is 5.97 Å². The molecule has 0 fully saturated rings. The minimum absolute atomic E-state index is 0.349. The van der Waals surface area contributed by atoms with Crippen LogP contribution in [-0.4, -0.2) is 33.8 Å². The number of carbonyl (C=O) groups excluding carboxylic acids is 1. The Balaban J connectivity index is 3.17. The molecule has 0 unspecified atom stereocenters. The lowest BCUT2D eigenvalue weighted by Gasteiger charge is -2.17. The van der Waals surface area contributed by atoms with E-state index in [0.717, 1.165) is 18.0 Å². The molecule has 1 aromatic heterocycles. The second kappa shape index (κ2) is 5.77. The van der Waals surface area contributed by atoms with Crippen LogP contribution in [-0.2, 0) is 4.74 Å². The van der Waals surface area contributed by atoms with E-state index in [4.69, 9.17) is 10.5 Å². The summed E-state index contributed by atoms with van der Waals surface area (Å²) in [5.74, 6) is 0.119. The largest absolute Gasteiger partial charge is 0.492 e. The molecule has 6 heteroatoms. The fraction of sp³-hybridized carbons (Fsp3) is 0.545. The summed E-state index contributed by atoms with van der Waals surface area (Å²) < 4.78 is 9.94. The number of nitrogen functional groups attached to an aromatic ring is 1. The summed E-state index contributed by atoms with van der Waals surface area (Å²) >= 11 is 1.29. The maximum Gasteiger partial charge on any atom is 0.350 e. The fourth-order valence-electron chi connectivity index (χ4n) is 1.55. The highest BCUT2D eigenvalue weighted by molar-refractivity contribution is 7.19. The van der Waals surface area contributed by atoms with Crippen LogP contribution < -0.4 is 15.4 Å². The summed E-state index contributed by atoms with van der Waals surface area (Å²) in [6.07, 6.45) is 1.00. The molecule has 0 bridgehead atoms. The third-order valence-corrected chi connectivity index (χ3v) is 3.64. The number of anilines is 2. The van der Waals surface area contributed by atoms with Gasteiger partial charge in [0.2, 0.25) is 0 Å². The van der Waals surface area contributed by atoms with Gasteiger partial charge in [0.15, 0.2) is 5.75 Å². The van der Waals surface area contributed by atoms with Crippen molar-refractivity contribution in [3.05, 3.63) is 4.88 Å². The first-order valence-corrected chi connectivity index (χ1v) is 6.14. The van der Waals surface area contributed by atoms with Gasteiger partial charge in [-0.1, -0.05) is 6.92 Å². The molecule has 0 radical (unpaired) electrons. The number of hydrogen-bond donors (Lipinski definition) is 1. The van der Waals surface area contributed by atoms with Gasteiger partial charge in [0, 0.05) is 13.6 Å². The van der Waals surface area contributed by atoms with E-state index in [0.29, 0.717) is 16.3 Å². The van der Waals surface area contributed by atoms with E-state index in [1.54, 1.807) is 7.11 Å². The van der Waals surface area contributed by atoms with Gasteiger partial charge in [0.25, 0.3) is 0 Å². The molecule has 1 aromatic rings. The second-order valence-corrected chi connectivity index (χ2v) is 4.60. The number of nitrogens with zero attached hydrogens (tertiary/aromatic N) is 1. The maximum absolute atomic E-state index is 11.5. The van der Waals surface area contributed by atoms with Gasteiger partial charge < -0.3 is 20.1 Å². The smallest absolute Gasteiger partial charge is 0.350 e. The van der Waals surface area contributed by atoms with Crippen molar-refractivity contribution in [1.29, 1.82) is 0 Å². The van der Waals surface area contributed by atoms with Crippen molar-refractivity contribution in [2.45, 2.75) is 13.3 Å². The van der Waals surface area contributed by atoms with Crippen LogP contribution in [0.2, 0.25) is 0 Å². The summed E-state index contributed by atoms with van der Waals surface area (Å²) in [7, 11) is 4.82. The normalized spacial score (nSPS) is 10.1. The predicted octanol–water partition coefficient (Wildman–Crippen LogP) is 1.97. The highest BCUT2D eigenvalue weighted by Gasteiger charge is 2.24. The first-order valence-electron chi connectivity index (χ1n) is 5.32. The van der Waals surface area contributed by atoms with Gasteiger partial charge in [-0.3, -0.25) is 0 Å². The van der Waals surface area contributed by atoms with Crippen LogP contribution in [0.15, 0.2) is 0 Å². The lowest BCUT2D eigenvalue weighted by Crippen LogP contribution is -2.17. The van der Waals surface area contributed by atoms with Gasteiger partial charge in [0.05, 0.1) is 14.2 Å². The average molecular weight is 258 g/mol. The molecule has 0 saturated heterocycles. The van der Waals surface area contributed by atoms with Crippen molar-refractivity contribution in [2.24, 2.45) is 0 Å². The first kappa shape index (κ1) is 13.6. The Kier molecular flexibility index (Phi) is 4.62. The Hall–Kier alpha value is -1.43. The molecular formula is C11H18N2O3S. The van der Waals surface area contributed by atoms with Crippen LogP contribution in [0, 0.1) is 0 Å². The molecule has 0 saturated carbocycles. The van der Waals surface area contributed by atoms with Crippen LogP contribution >= 0.6 is 11.3 Å². The van der Waals surface area contributed by atoms with Crippen molar-refractivity contribution in [1.82, 2.24) is 0 Å². The average Bonchev–Trinajstić information content (AvgIpc) is 2.65. The molecular weight excluding hydrogens is 240 g/mol. The maximum atomic E-state index is 11.5. The van der Waals surface area contributed by atoms with E-state index in [1.165, 1.54) is 18.4 Å². The molecule has 2 N–H and O–H groups in total. The zero-order valence-electron chi connectivity index (χ0n) is 10.6. The monoisotopic (exact) mass is 258 g/mol. The molecule has 0 aliphatic rings. The van der Waals surface area contributed by atoms with E-state index in [9.17, 15) is 4.79 Å². The van der Waals surface area contributed by atoms with Crippen LogP contribution in [0.3, 0.4) is 0 Å². The van der Waals surface area contributed by atoms with Crippen molar-refractivity contribution < 1.29 is 14.3 Å². The van der Waals surface area contributed by atoms with Gasteiger partial charge in [-0.15, -0.1) is 11.3 Å². The third-order valence-electron chi connectivity index (χ3n) is 2.36. The lowest BCUT2D eigenvalue weighted by atomic mass is 10.3. The molecule has 0 atom stereocenters. The van der Waals surface area contributed by atoms with Gasteiger partial charge in [0.1, 0.15) is 15.6 Å². The topological polar surface area (TPSA) is 64.8 Å². The van der Waals surface area contributed by atoms with E-state index < -0.39 is 5.97 Å². The minimum atomic E-state index is -0.429. The summed E-state index contributed by atoms with van der Waals surface area (Å²) in [5, 5.41) is 0.854. The van der Waals surface area contributed by atoms with E-state index >= 15 is 0 Å². The van der Waals surface area contributed by atoms with Crippen molar-refractivity contribution in [3.63, 3.8) is 0 Å². The van der Waals surface area contributed by atoms with Crippen molar-refractivity contribution >= 4 is 28.0 Å². The lowest BCUT2D eigenvalue weighted by molar-refractivity contribution is 0.0607. The molecule has 17 heavy (non-hydrogen) atoms. The van der Waals surface area contributed by atoms with Crippen LogP contribution in [0.5, 0.6) is 5.75 Å². The Morgan fingerprint density at radius 3 is 2.59 bits per heavy atom. The summed E-state index contributed by atoms with van der Waals surface area (Å²) in [6.45, 7) is 2.96. The number of esters is 1. The number of ether oxygens (including phenoxy) is 2. The number of thiophene rings is 1. The molecule has 0 aliphatic carbocycles. The van der Waals surface area contributed by atoms with Crippen LogP contribution in [0.1, 0.15) is 23.0 Å². The van der Waals surface area contributed by atoms with Gasteiger partial charge in [-0.25, -0.2) is 4.79 Å². The summed E-state index contributed by atoms with van der Waals surface area (Å²) in [6, 6.07) is 0. The van der Waals surface area contributed by atoms with Crippen molar-refractivity contribution in [3.8, 4) is 5.75 Å². The van der Waals surface area contributed by atoms with E-state index in [-0.39, 0.29) is 0 Å². The summed E-state index contributed by atoms with van der Waals surface area (Å²) in [5.41, 5.74) is 6.23. The number of hydrogen-bond acceptors (Lipinski definition) is 6. The van der Waals surface area contributed by atoms with E-state index in [2.05, 4.69) is 11.7 Å². The summed E-state index contributed by atoms with van der Waals surface area (Å²) in [4.78, 5) is 13.9. The van der Waals surface area contributed by atoms with Crippen LogP contribution in [0.25, 0.3) is 0 Å². The molecule has 1 rings (SSSR count). The molecule has 96 valence electrons. The van der Waals surface area contributed by atoms with Crippen LogP contribution in [0.4, 0.5) is 10.7 Å². The third kappa shape index (κ3) is 2.63. The zero-order valence-corrected chi connectivity index (χ0v) is 11.4. The standard InChI is InChI=1S/C11H18N2O3S/c1-5-6-13(2)10-8(15-3)7(12)9(17-10)11(14)16-4/h5-6,12H2,1-4H3. The minimum Gasteiger partial charge on any atom is -0.492 e. The number of rotatable bonds is 5. The van der Waals surface area contributed by atoms with Gasteiger partial charge in [-0.2, -0.15) is 0 Å². The zero-order chi connectivity index (χ0) is 13.0. The highest BCUT2D eigenvalue weighted by Crippen LogP contribution is 2.44. The predicted molar refractivity (Wildman–Crippen MR) is 70.2 cm³/mol. The molecule has 5 nitrogen and oxygen atoms in total. The molecule has 0 aromatic carbocycles. The second-order valence-electron chi connectivity index (χ2n) is 3.60. The fourth-order valence-corrected chi connectivity index (χ4v) is 2.64. The first-order chi connectivity index (χ1) is 8.06. The molecule has 0 aliphatic heterocycles. The van der Waals surface area contributed by atoms with Gasteiger partial charge in [-0.05, 0) is 6.42 Å². The van der Waals surface area contributed by atoms with E-state index in [1.807, 2.05) is 11.9 Å².